The highest BCUT2D eigenvalue weighted by Gasteiger charge is 2.27. The molecule has 2 heterocycles. The van der Waals surface area contributed by atoms with Crippen LogP contribution >= 0.6 is 0 Å². The molecule has 2 aliphatic rings. The molecule has 9 heteroatoms. The Hall–Kier alpha value is -3.01. The Kier molecular flexibility index (Phi) is 5.54. The smallest absolute Gasteiger partial charge is 0.256 e. The van der Waals surface area contributed by atoms with Crippen LogP contribution < -0.4 is 5.32 Å². The maximum Gasteiger partial charge on any atom is 0.256 e. The number of anilines is 1. The van der Waals surface area contributed by atoms with Crippen LogP contribution in [-0.4, -0.2) is 54.7 Å². The van der Waals surface area contributed by atoms with Gasteiger partial charge < -0.3 is 10.1 Å². The van der Waals surface area contributed by atoms with Gasteiger partial charge in [-0.25, -0.2) is 13.1 Å². The molecule has 1 fully saturated rings. The molecule has 8 nitrogen and oxygen atoms in total. The van der Waals surface area contributed by atoms with Gasteiger partial charge in [-0.1, -0.05) is 18.2 Å². The van der Waals surface area contributed by atoms with Gasteiger partial charge in [0.1, 0.15) is 5.82 Å². The number of nitrogens with zero attached hydrogens (tertiary/aromatic N) is 3. The molecule has 0 radical (unpaired) electrons. The van der Waals surface area contributed by atoms with E-state index in [2.05, 4.69) is 5.32 Å². The molecule has 0 atom stereocenters. The lowest BCUT2D eigenvalue weighted by Gasteiger charge is -2.26. The molecular weight excluding hydrogens is 428 g/mol. The first-order valence-electron chi connectivity index (χ1n) is 10.7. The summed E-state index contributed by atoms with van der Waals surface area (Å²) in [6.45, 7) is 1.44. The topological polar surface area (TPSA) is 93.5 Å². The maximum absolute atomic E-state index is 13.0. The molecule has 0 unspecified atom stereocenters. The number of nitrogens with one attached hydrogen (secondary N) is 1. The van der Waals surface area contributed by atoms with Gasteiger partial charge in [-0.15, -0.1) is 0 Å². The van der Waals surface area contributed by atoms with Crippen molar-refractivity contribution in [3.8, 4) is 5.69 Å². The van der Waals surface area contributed by atoms with Crippen LogP contribution in [0.4, 0.5) is 5.82 Å². The summed E-state index contributed by atoms with van der Waals surface area (Å²) in [5.41, 5.74) is 3.34. The maximum atomic E-state index is 13.0. The first-order valence-corrected chi connectivity index (χ1v) is 12.1. The van der Waals surface area contributed by atoms with E-state index in [0.717, 1.165) is 36.2 Å². The summed E-state index contributed by atoms with van der Waals surface area (Å²) in [6.07, 6.45) is 2.78. The van der Waals surface area contributed by atoms with Gasteiger partial charge in [-0.05, 0) is 55.7 Å². The monoisotopic (exact) mass is 452 g/mol. The van der Waals surface area contributed by atoms with Gasteiger partial charge in [0.25, 0.3) is 5.91 Å². The van der Waals surface area contributed by atoms with Gasteiger partial charge in [0.2, 0.25) is 10.0 Å². The van der Waals surface area contributed by atoms with Crippen molar-refractivity contribution >= 4 is 21.7 Å². The number of hydrogen-bond acceptors (Lipinski definition) is 5. The van der Waals surface area contributed by atoms with Gasteiger partial charge in [-0.3, -0.25) is 4.79 Å². The fraction of sp³-hybridized carbons (Fsp3) is 0.304. The summed E-state index contributed by atoms with van der Waals surface area (Å²) < 4.78 is 34.0. The summed E-state index contributed by atoms with van der Waals surface area (Å²) in [7, 11) is -3.60. The number of sulfonamides is 1. The normalized spacial score (nSPS) is 16.6. The molecule has 3 aromatic rings. The molecule has 5 rings (SSSR count). The molecule has 166 valence electrons. The Morgan fingerprint density at radius 1 is 0.969 bits per heavy atom. The third-order valence-electron chi connectivity index (χ3n) is 5.86. The number of fused-ring (bicyclic) bond motifs is 1. The quantitative estimate of drug-likeness (QED) is 0.642. The van der Waals surface area contributed by atoms with Crippen LogP contribution in [-0.2, 0) is 27.6 Å². The van der Waals surface area contributed by atoms with E-state index in [1.807, 2.05) is 30.3 Å². The van der Waals surface area contributed by atoms with E-state index in [-0.39, 0.29) is 10.8 Å². The first-order chi connectivity index (χ1) is 15.5. The van der Waals surface area contributed by atoms with Crippen molar-refractivity contribution in [1.82, 2.24) is 14.1 Å². The van der Waals surface area contributed by atoms with E-state index in [1.54, 1.807) is 16.8 Å². The fourth-order valence-electron chi connectivity index (χ4n) is 4.17. The van der Waals surface area contributed by atoms with E-state index in [0.29, 0.717) is 37.7 Å². The number of benzene rings is 2. The number of hydrogen-bond donors (Lipinski definition) is 1. The predicted octanol–water partition coefficient (Wildman–Crippen LogP) is 2.63. The second kappa shape index (κ2) is 8.50. The molecule has 1 amide bonds. The lowest BCUT2D eigenvalue weighted by atomic mass is 10.2. The number of carbonyl (C=O) groups excluding carboxylic acids is 1. The minimum Gasteiger partial charge on any atom is -0.379 e. The summed E-state index contributed by atoms with van der Waals surface area (Å²) in [4.78, 5) is 13.2. The average Bonchev–Trinajstić information content (AvgIpc) is 3.43. The minimum atomic E-state index is -3.60. The molecule has 0 bridgehead atoms. The van der Waals surface area contributed by atoms with Gasteiger partial charge >= 0.3 is 0 Å². The van der Waals surface area contributed by atoms with Crippen molar-refractivity contribution in [3.63, 3.8) is 0 Å². The number of rotatable bonds is 5. The second-order valence-corrected chi connectivity index (χ2v) is 9.81. The highest BCUT2D eigenvalue weighted by molar-refractivity contribution is 7.89. The van der Waals surface area contributed by atoms with Crippen molar-refractivity contribution in [1.29, 1.82) is 0 Å². The molecule has 2 aromatic carbocycles. The molecule has 1 aliphatic carbocycles. The molecule has 1 aliphatic heterocycles. The highest BCUT2D eigenvalue weighted by Crippen LogP contribution is 2.31. The molecule has 1 aromatic heterocycles. The Bertz CT molecular complexity index is 1230. The zero-order chi connectivity index (χ0) is 22.1. The Morgan fingerprint density at radius 2 is 1.69 bits per heavy atom. The van der Waals surface area contributed by atoms with Gasteiger partial charge in [-0.2, -0.15) is 9.40 Å². The number of ether oxygens (including phenoxy) is 1. The average molecular weight is 453 g/mol. The minimum absolute atomic E-state index is 0.172. The Morgan fingerprint density at radius 3 is 2.41 bits per heavy atom. The number of amides is 1. The van der Waals surface area contributed by atoms with Crippen LogP contribution in [0.2, 0.25) is 0 Å². The van der Waals surface area contributed by atoms with Crippen molar-refractivity contribution in [3.05, 3.63) is 71.4 Å². The number of morpholine rings is 1. The second-order valence-electron chi connectivity index (χ2n) is 7.87. The zero-order valence-electron chi connectivity index (χ0n) is 17.5. The predicted molar refractivity (Wildman–Crippen MR) is 120 cm³/mol. The first kappa shape index (κ1) is 20.9. The summed E-state index contributed by atoms with van der Waals surface area (Å²) in [5, 5.41) is 7.73. The van der Waals surface area contributed by atoms with Gasteiger partial charge in [0.05, 0.1) is 29.5 Å². The lowest BCUT2D eigenvalue weighted by molar-refractivity contribution is 0.0730. The van der Waals surface area contributed by atoms with Crippen LogP contribution in [0.25, 0.3) is 5.69 Å². The lowest BCUT2D eigenvalue weighted by Crippen LogP contribution is -2.40. The van der Waals surface area contributed by atoms with E-state index < -0.39 is 10.0 Å². The third-order valence-corrected chi connectivity index (χ3v) is 7.78. The number of aryl methyl sites for hydroxylation is 1. The fourth-order valence-corrected chi connectivity index (χ4v) is 5.58. The zero-order valence-corrected chi connectivity index (χ0v) is 18.3. The van der Waals surface area contributed by atoms with Crippen LogP contribution in [0.1, 0.15) is 28.0 Å². The van der Waals surface area contributed by atoms with Crippen LogP contribution in [0.3, 0.4) is 0 Å². The summed E-state index contributed by atoms with van der Waals surface area (Å²) in [6, 6.07) is 15.8. The van der Waals surface area contributed by atoms with Crippen molar-refractivity contribution in [2.45, 2.75) is 24.2 Å². The Labute approximate surface area is 186 Å². The molecule has 1 saturated heterocycles. The van der Waals surface area contributed by atoms with Crippen molar-refractivity contribution < 1.29 is 17.9 Å². The molecular formula is C23H24N4O4S. The number of carbonyl (C=O) groups is 1. The summed E-state index contributed by atoms with van der Waals surface area (Å²) >= 11 is 0. The third kappa shape index (κ3) is 3.83. The van der Waals surface area contributed by atoms with Gasteiger partial charge in [0.15, 0.2) is 0 Å². The van der Waals surface area contributed by atoms with Crippen LogP contribution in [0.15, 0.2) is 59.5 Å². The van der Waals surface area contributed by atoms with Gasteiger partial charge in [0, 0.05) is 24.2 Å². The number of para-hydroxylation sites is 1. The van der Waals surface area contributed by atoms with Crippen LogP contribution in [0, 0.1) is 0 Å². The van der Waals surface area contributed by atoms with E-state index >= 15 is 0 Å². The van der Waals surface area contributed by atoms with Crippen LogP contribution in [0.5, 0.6) is 0 Å². The van der Waals surface area contributed by atoms with E-state index in [1.165, 1.54) is 16.4 Å². The number of aromatic nitrogens is 2. The molecule has 0 spiro atoms. The molecule has 32 heavy (non-hydrogen) atoms. The van der Waals surface area contributed by atoms with E-state index in [4.69, 9.17) is 9.84 Å². The van der Waals surface area contributed by atoms with Crippen molar-refractivity contribution in [2.24, 2.45) is 0 Å². The van der Waals surface area contributed by atoms with E-state index in [9.17, 15) is 13.2 Å². The van der Waals surface area contributed by atoms with Crippen molar-refractivity contribution in [2.75, 3.05) is 31.6 Å². The molecule has 0 saturated carbocycles. The summed E-state index contributed by atoms with van der Waals surface area (Å²) in [5.74, 6) is 0.380. The highest BCUT2D eigenvalue weighted by atomic mass is 32.2. The SMILES string of the molecule is O=C(Nc1c2c(nn1-c1ccccc1)CCC2)c1ccc(S(=O)(=O)N2CCOCC2)cc1. The molecule has 1 N–H and O–H groups in total. The standard InChI is InChI=1S/C23H24N4O4S/c28-23(17-9-11-19(12-10-17)32(29,30)26-13-15-31-16-14-26)24-22-20-7-4-8-21(20)25-27(22)18-5-2-1-3-6-18/h1-3,5-6,9-12H,4,7-8,13-16H2,(H,24,28). The largest absolute Gasteiger partial charge is 0.379 e. The Balaban J connectivity index is 1.39.